The van der Waals surface area contributed by atoms with Crippen molar-refractivity contribution in [1.29, 1.82) is 0 Å². The lowest BCUT2D eigenvalue weighted by Gasteiger charge is -2.35. The zero-order valence-corrected chi connectivity index (χ0v) is 18.3. The van der Waals surface area contributed by atoms with E-state index >= 15 is 0 Å². The first-order valence-corrected chi connectivity index (χ1v) is 12.4. The molecule has 1 heterocycles. The molecular weight excluding hydrogens is 515 g/mol. The van der Waals surface area contributed by atoms with E-state index in [1.54, 1.807) is 0 Å². The van der Waals surface area contributed by atoms with Gasteiger partial charge in [0.1, 0.15) is 12.5 Å². The first-order valence-electron chi connectivity index (χ1n) is 7.85. The Labute approximate surface area is 177 Å². The van der Waals surface area contributed by atoms with Crippen LogP contribution in [0.25, 0.3) is 0 Å². The van der Waals surface area contributed by atoms with E-state index in [1.165, 1.54) is 0 Å². The minimum atomic E-state index is -5.90. The van der Waals surface area contributed by atoms with E-state index in [2.05, 4.69) is 18.1 Å². The van der Waals surface area contributed by atoms with Crippen molar-refractivity contribution in [3.8, 4) is 0 Å². The molecule has 1 aromatic rings. The molecule has 0 spiro atoms. The van der Waals surface area contributed by atoms with Crippen LogP contribution in [0.3, 0.4) is 0 Å². The second-order valence-corrected chi connectivity index (χ2v) is 10.2. The number of aliphatic hydroxyl groups is 1. The van der Waals surface area contributed by atoms with E-state index in [1.807, 2.05) is 0 Å². The summed E-state index contributed by atoms with van der Waals surface area (Å²) in [5.41, 5.74) is 6.54. The second kappa shape index (κ2) is 10.8. The predicted molar refractivity (Wildman–Crippen MR) is 97.7 cm³/mol. The topological polar surface area (TPSA) is 276 Å². The van der Waals surface area contributed by atoms with Crippen LogP contribution in [0.5, 0.6) is 0 Å². The second-order valence-electron chi connectivity index (χ2n) is 5.74. The fraction of sp³-hybridized carbons (Fsp3) is 0.600. The van der Waals surface area contributed by atoms with Crippen LogP contribution in [0.1, 0.15) is 6.23 Å². The number of nitrogens with two attached hydrogens (primary N) is 2. The Morgan fingerprint density at radius 1 is 1.19 bits per heavy atom. The summed E-state index contributed by atoms with van der Waals surface area (Å²) >= 11 is 0. The van der Waals surface area contributed by atoms with Crippen LogP contribution in [0.4, 0.5) is 14.6 Å². The van der Waals surface area contributed by atoms with Crippen molar-refractivity contribution in [2.24, 2.45) is 5.73 Å². The molecule has 1 rings (SSSR count). The number of hydrogen-bond acceptors (Lipinski definition) is 12. The van der Waals surface area contributed by atoms with Crippen molar-refractivity contribution >= 4 is 29.3 Å². The van der Waals surface area contributed by atoms with Gasteiger partial charge in [-0.1, -0.05) is 0 Å². The molecule has 0 aliphatic heterocycles. The van der Waals surface area contributed by atoms with Crippen LogP contribution in [0.15, 0.2) is 17.1 Å². The molecule has 0 radical (unpaired) electrons. The minimum absolute atomic E-state index is 0.257. The van der Waals surface area contributed by atoms with Gasteiger partial charge in [0, 0.05) is 12.7 Å². The van der Waals surface area contributed by atoms with E-state index in [-0.39, 0.29) is 5.82 Å². The van der Waals surface area contributed by atoms with Crippen LogP contribution < -0.4 is 17.2 Å². The van der Waals surface area contributed by atoms with Gasteiger partial charge in [-0.25, -0.2) is 27.3 Å². The van der Waals surface area contributed by atoms with Gasteiger partial charge in [-0.3, -0.25) is 9.09 Å². The molecule has 2 unspecified atom stereocenters. The van der Waals surface area contributed by atoms with Crippen LogP contribution in [-0.2, 0) is 31.6 Å². The average molecular weight is 534 g/mol. The molecule has 0 bridgehead atoms. The number of nitrogens with zero attached hydrogens (tertiary/aromatic N) is 2. The Hall–Kier alpha value is -1.17. The number of hydrogen-bond donors (Lipinski definition) is 7. The number of aliphatic hydroxyl groups excluding tert-OH is 1. The van der Waals surface area contributed by atoms with E-state index in [9.17, 15) is 37.3 Å². The third-order valence-electron chi connectivity index (χ3n) is 3.33. The standard InChI is InChI=1S/C10H19F2N4O13P3/c11-3-7(16-2-1-6(14)15-9(16)18)27-10(4-13,8(12)17)5-26-31(22,23)29-32(24,25)28-30(19,20)21/h1-2,7-8,17H,3-5,13H2,(H,22,23)(H,24,25)(H2,14,15,18)(H2,19,20,21)/t7-,8-,10-/m1/s1. The lowest BCUT2D eigenvalue weighted by molar-refractivity contribution is -0.226. The zero-order valence-electron chi connectivity index (χ0n) is 15.6. The Bertz CT molecular complexity index is 989. The summed E-state index contributed by atoms with van der Waals surface area (Å²) in [6, 6.07) is 1.04. The number of ether oxygens (including phenoxy) is 1. The molecule has 186 valence electrons. The molecule has 17 nitrogen and oxygen atoms in total. The monoisotopic (exact) mass is 534 g/mol. The van der Waals surface area contributed by atoms with Crippen LogP contribution in [0.2, 0.25) is 0 Å². The Morgan fingerprint density at radius 3 is 2.22 bits per heavy atom. The molecule has 0 aliphatic rings. The summed E-state index contributed by atoms with van der Waals surface area (Å²) in [6.45, 7) is -4.21. The SMILES string of the molecule is NC[C@](COP(=O)(O)OP(=O)(O)OP(=O)(O)O)(O[C@H](CF)n1ccc(N)nc1=O)[C@@H](O)F. The number of alkyl halides is 2. The first kappa shape index (κ1) is 28.9. The van der Waals surface area contributed by atoms with Crippen molar-refractivity contribution in [2.75, 3.05) is 25.6 Å². The molecule has 1 aromatic heterocycles. The number of rotatable bonds is 13. The normalized spacial score (nSPS) is 20.0. The van der Waals surface area contributed by atoms with E-state index in [4.69, 9.17) is 30.9 Å². The minimum Gasteiger partial charge on any atom is -0.383 e. The van der Waals surface area contributed by atoms with E-state index in [0.29, 0.717) is 4.57 Å². The average Bonchev–Trinajstić information content (AvgIpc) is 2.59. The van der Waals surface area contributed by atoms with Gasteiger partial charge in [-0.2, -0.15) is 13.6 Å². The number of phosphoric acid groups is 3. The summed E-state index contributed by atoms with van der Waals surface area (Å²) in [5.74, 6) is -0.257. The quantitative estimate of drug-likeness (QED) is 0.144. The molecular formula is C10H19F2N4O13P3. The molecule has 0 saturated carbocycles. The summed E-state index contributed by atoms with van der Waals surface area (Å²) in [5, 5.41) is 9.41. The van der Waals surface area contributed by atoms with E-state index in [0.717, 1.165) is 12.3 Å². The maximum Gasteiger partial charge on any atom is 0.490 e. The Kier molecular flexibility index (Phi) is 9.78. The van der Waals surface area contributed by atoms with Gasteiger partial charge < -0.3 is 40.9 Å². The van der Waals surface area contributed by atoms with Gasteiger partial charge in [0.25, 0.3) is 0 Å². The third-order valence-corrected chi connectivity index (χ3v) is 7.11. The predicted octanol–water partition coefficient (Wildman–Crippen LogP) is -1.36. The van der Waals surface area contributed by atoms with Crippen LogP contribution >= 0.6 is 23.5 Å². The highest BCUT2D eigenvalue weighted by Crippen LogP contribution is 2.66. The van der Waals surface area contributed by atoms with E-state index < -0.39 is 67.2 Å². The molecule has 0 aliphatic carbocycles. The van der Waals surface area contributed by atoms with Crippen LogP contribution in [0, 0.1) is 0 Å². The smallest absolute Gasteiger partial charge is 0.383 e. The van der Waals surface area contributed by atoms with Crippen molar-refractivity contribution in [3.05, 3.63) is 22.7 Å². The molecule has 0 saturated heterocycles. The van der Waals surface area contributed by atoms with Gasteiger partial charge in [-0.15, -0.1) is 0 Å². The maximum absolute atomic E-state index is 13.9. The maximum atomic E-state index is 13.9. The number of aromatic nitrogens is 2. The van der Waals surface area contributed by atoms with Crippen LogP contribution in [-0.4, -0.2) is 66.0 Å². The van der Waals surface area contributed by atoms with Crippen molar-refractivity contribution < 1.29 is 65.0 Å². The fourth-order valence-corrected chi connectivity index (χ4v) is 5.01. The summed E-state index contributed by atoms with van der Waals surface area (Å²) in [7, 11) is -17.3. The molecule has 5 atom stereocenters. The van der Waals surface area contributed by atoms with Crippen molar-refractivity contribution in [1.82, 2.24) is 9.55 Å². The molecule has 9 N–H and O–H groups in total. The lowest BCUT2D eigenvalue weighted by atomic mass is 10.1. The zero-order chi connectivity index (χ0) is 25.0. The van der Waals surface area contributed by atoms with Crippen molar-refractivity contribution in [2.45, 2.75) is 18.2 Å². The Morgan fingerprint density at radius 2 is 1.78 bits per heavy atom. The highest BCUT2D eigenvalue weighted by atomic mass is 31.3. The largest absolute Gasteiger partial charge is 0.490 e. The molecule has 0 aromatic carbocycles. The first-order chi connectivity index (χ1) is 14.5. The summed E-state index contributed by atoms with van der Waals surface area (Å²) < 4.78 is 77.7. The highest BCUT2D eigenvalue weighted by molar-refractivity contribution is 7.66. The molecule has 22 heteroatoms. The highest BCUT2D eigenvalue weighted by Gasteiger charge is 2.46. The Balaban J connectivity index is 3.11. The third kappa shape index (κ3) is 8.64. The lowest BCUT2D eigenvalue weighted by Crippen LogP contribution is -2.54. The number of phosphoric ester groups is 1. The van der Waals surface area contributed by atoms with Crippen molar-refractivity contribution in [3.63, 3.8) is 0 Å². The number of halogens is 2. The van der Waals surface area contributed by atoms with Gasteiger partial charge in [0.05, 0.1) is 6.61 Å². The number of anilines is 1. The van der Waals surface area contributed by atoms with Gasteiger partial charge in [0.15, 0.2) is 11.8 Å². The van der Waals surface area contributed by atoms with Gasteiger partial charge in [-0.05, 0) is 6.07 Å². The summed E-state index contributed by atoms with van der Waals surface area (Å²) in [6.07, 6.45) is -4.29. The van der Waals surface area contributed by atoms with Gasteiger partial charge >= 0.3 is 29.2 Å². The number of nitrogen functional groups attached to an aromatic ring is 1. The molecule has 32 heavy (non-hydrogen) atoms. The van der Waals surface area contributed by atoms with Gasteiger partial charge in [0.2, 0.25) is 6.36 Å². The molecule has 0 amide bonds. The summed E-state index contributed by atoms with van der Waals surface area (Å²) in [4.78, 5) is 50.6. The fourth-order valence-electron chi connectivity index (χ4n) is 1.94. The molecule has 0 fully saturated rings.